The van der Waals surface area contributed by atoms with Crippen LogP contribution in [-0.2, 0) is 9.53 Å². The Morgan fingerprint density at radius 1 is 1.60 bits per heavy atom. The molecule has 1 fully saturated rings. The number of rotatable bonds is 2. The predicted molar refractivity (Wildman–Crippen MR) is 54.2 cm³/mol. The zero-order chi connectivity index (χ0) is 10.7. The zero-order valence-corrected chi connectivity index (χ0v) is 8.51. The first-order valence-electron chi connectivity index (χ1n) is 4.96. The Hall–Kier alpha value is -1.49. The van der Waals surface area contributed by atoms with Crippen molar-refractivity contribution in [1.82, 2.24) is 9.97 Å². The smallest absolute Gasteiger partial charge is 0.254 e. The second-order valence-corrected chi connectivity index (χ2v) is 3.64. The number of nitrogens with one attached hydrogen (secondary N) is 1. The lowest BCUT2D eigenvalue weighted by Gasteiger charge is -2.13. The minimum absolute atomic E-state index is 0.138. The monoisotopic (exact) mass is 207 g/mol. The molecule has 0 spiro atoms. The summed E-state index contributed by atoms with van der Waals surface area (Å²) in [4.78, 5) is 19.6. The van der Waals surface area contributed by atoms with Crippen LogP contribution in [-0.4, -0.2) is 28.6 Å². The van der Waals surface area contributed by atoms with Crippen molar-refractivity contribution in [3.8, 4) is 0 Å². The maximum absolute atomic E-state index is 11.7. The van der Waals surface area contributed by atoms with Gasteiger partial charge >= 0.3 is 0 Å². The highest BCUT2D eigenvalue weighted by molar-refractivity contribution is 5.93. The Morgan fingerprint density at radius 3 is 3.07 bits per heavy atom. The maximum atomic E-state index is 11.7. The Bertz CT molecular complexity index is 342. The second kappa shape index (κ2) is 4.35. The largest absolute Gasteiger partial charge is 0.368 e. The molecule has 5 heteroatoms. The first-order chi connectivity index (χ1) is 7.27. The molecule has 1 aromatic heterocycles. The molecule has 15 heavy (non-hydrogen) atoms. The lowest BCUT2D eigenvalue weighted by atomic mass is 10.0. The fourth-order valence-corrected chi connectivity index (χ4v) is 1.59. The van der Waals surface area contributed by atoms with Gasteiger partial charge in [0.15, 0.2) is 5.82 Å². The molecule has 0 aromatic carbocycles. The third-order valence-corrected chi connectivity index (χ3v) is 2.46. The number of aromatic nitrogens is 2. The van der Waals surface area contributed by atoms with Crippen LogP contribution in [0.5, 0.6) is 0 Å². The van der Waals surface area contributed by atoms with Gasteiger partial charge in [-0.25, -0.2) is 4.98 Å². The molecule has 0 unspecified atom stereocenters. The molecule has 0 bridgehead atoms. The van der Waals surface area contributed by atoms with E-state index >= 15 is 0 Å². The quantitative estimate of drug-likeness (QED) is 0.780. The highest BCUT2D eigenvalue weighted by Gasteiger charge is 2.30. The minimum atomic E-state index is -0.355. The van der Waals surface area contributed by atoms with Crippen molar-refractivity contribution in [3.05, 3.63) is 18.6 Å². The normalized spacial score (nSPS) is 25.1. The molecule has 2 heterocycles. The van der Waals surface area contributed by atoms with Crippen LogP contribution in [0.2, 0.25) is 0 Å². The third-order valence-electron chi connectivity index (χ3n) is 2.46. The molecule has 1 saturated heterocycles. The second-order valence-electron chi connectivity index (χ2n) is 3.64. The summed E-state index contributed by atoms with van der Waals surface area (Å²) >= 11 is 0. The van der Waals surface area contributed by atoms with Gasteiger partial charge in [-0.1, -0.05) is 6.92 Å². The van der Waals surface area contributed by atoms with E-state index < -0.39 is 0 Å². The van der Waals surface area contributed by atoms with Crippen molar-refractivity contribution in [2.24, 2.45) is 5.92 Å². The van der Waals surface area contributed by atoms with E-state index in [1.165, 1.54) is 12.4 Å². The molecule has 1 aliphatic rings. The molecule has 2 rings (SSSR count). The fourth-order valence-electron chi connectivity index (χ4n) is 1.59. The summed E-state index contributed by atoms with van der Waals surface area (Å²) in [7, 11) is 0. The predicted octanol–water partition coefficient (Wildman–Crippen LogP) is 0.840. The highest BCUT2D eigenvalue weighted by Crippen LogP contribution is 2.20. The summed E-state index contributed by atoms with van der Waals surface area (Å²) in [6.45, 7) is 2.66. The number of anilines is 1. The molecule has 0 aliphatic carbocycles. The van der Waals surface area contributed by atoms with Gasteiger partial charge < -0.3 is 10.1 Å². The van der Waals surface area contributed by atoms with Gasteiger partial charge in [0.25, 0.3) is 5.91 Å². The number of hydrogen-bond donors (Lipinski definition) is 1. The van der Waals surface area contributed by atoms with Crippen molar-refractivity contribution >= 4 is 11.7 Å². The van der Waals surface area contributed by atoms with E-state index in [-0.39, 0.29) is 17.9 Å². The van der Waals surface area contributed by atoms with Gasteiger partial charge in [-0.15, -0.1) is 0 Å². The van der Waals surface area contributed by atoms with E-state index in [9.17, 15) is 4.79 Å². The number of carbonyl (C=O) groups is 1. The van der Waals surface area contributed by atoms with Gasteiger partial charge in [-0.05, 0) is 12.3 Å². The molecule has 5 nitrogen and oxygen atoms in total. The Labute approximate surface area is 87.9 Å². The fraction of sp³-hybridized carbons (Fsp3) is 0.500. The van der Waals surface area contributed by atoms with E-state index in [1.807, 2.05) is 6.92 Å². The van der Waals surface area contributed by atoms with Crippen molar-refractivity contribution in [3.63, 3.8) is 0 Å². The van der Waals surface area contributed by atoms with Crippen molar-refractivity contribution in [2.75, 3.05) is 11.9 Å². The number of amides is 1. The number of nitrogens with zero attached hydrogens (tertiary/aromatic N) is 2. The first kappa shape index (κ1) is 10.0. The maximum Gasteiger partial charge on any atom is 0.254 e. The van der Waals surface area contributed by atoms with E-state index in [1.54, 1.807) is 6.20 Å². The number of carbonyl (C=O) groups excluding carboxylic acids is 1. The summed E-state index contributed by atoms with van der Waals surface area (Å²) in [6, 6.07) is 0. The molecule has 0 saturated carbocycles. The molecule has 1 N–H and O–H groups in total. The third kappa shape index (κ3) is 2.30. The Kier molecular flexibility index (Phi) is 2.91. The number of hydrogen-bond acceptors (Lipinski definition) is 4. The molecule has 2 atom stereocenters. The van der Waals surface area contributed by atoms with Crippen LogP contribution in [0.15, 0.2) is 18.6 Å². The van der Waals surface area contributed by atoms with E-state index in [0.29, 0.717) is 12.4 Å². The van der Waals surface area contributed by atoms with Gasteiger partial charge in [-0.3, -0.25) is 9.78 Å². The molecular formula is C10H13N3O2. The average Bonchev–Trinajstić information content (AvgIpc) is 2.66. The Morgan fingerprint density at radius 2 is 2.47 bits per heavy atom. The lowest BCUT2D eigenvalue weighted by Crippen LogP contribution is -2.31. The topological polar surface area (TPSA) is 64.1 Å². The van der Waals surface area contributed by atoms with Gasteiger partial charge in [-0.2, -0.15) is 0 Å². The Balaban J connectivity index is 1.98. The van der Waals surface area contributed by atoms with Crippen LogP contribution in [0.1, 0.15) is 13.3 Å². The van der Waals surface area contributed by atoms with Crippen molar-refractivity contribution < 1.29 is 9.53 Å². The molecule has 1 aliphatic heterocycles. The van der Waals surface area contributed by atoms with Gasteiger partial charge in [0.05, 0.1) is 6.20 Å². The van der Waals surface area contributed by atoms with E-state index in [0.717, 1.165) is 6.42 Å². The molecule has 1 aromatic rings. The zero-order valence-electron chi connectivity index (χ0n) is 8.51. The molecule has 0 radical (unpaired) electrons. The number of ether oxygens (including phenoxy) is 1. The van der Waals surface area contributed by atoms with Crippen LogP contribution in [0, 0.1) is 5.92 Å². The summed E-state index contributed by atoms with van der Waals surface area (Å²) in [5.41, 5.74) is 0. The van der Waals surface area contributed by atoms with Crippen LogP contribution in [0.25, 0.3) is 0 Å². The SMILES string of the molecule is C[C@@H]1CCO[C@H]1C(=O)Nc1cnccn1. The molecule has 80 valence electrons. The first-order valence-corrected chi connectivity index (χ1v) is 4.96. The van der Waals surface area contributed by atoms with Gasteiger partial charge in [0, 0.05) is 19.0 Å². The summed E-state index contributed by atoms with van der Waals surface area (Å²) < 4.78 is 5.34. The highest BCUT2D eigenvalue weighted by atomic mass is 16.5. The van der Waals surface area contributed by atoms with Crippen LogP contribution in [0.3, 0.4) is 0 Å². The van der Waals surface area contributed by atoms with Crippen LogP contribution in [0.4, 0.5) is 5.82 Å². The summed E-state index contributed by atoms with van der Waals surface area (Å²) in [6.07, 6.45) is 5.18. The standard InChI is InChI=1S/C10H13N3O2/c1-7-2-5-15-9(7)10(14)13-8-6-11-3-4-12-8/h3-4,6-7,9H,2,5H2,1H3,(H,12,13,14)/t7-,9-/m1/s1. The van der Waals surface area contributed by atoms with E-state index in [2.05, 4.69) is 15.3 Å². The molecule has 1 amide bonds. The van der Waals surface area contributed by atoms with Gasteiger partial charge in [0.2, 0.25) is 0 Å². The van der Waals surface area contributed by atoms with Gasteiger partial charge in [0.1, 0.15) is 6.10 Å². The van der Waals surface area contributed by atoms with Crippen LogP contribution >= 0.6 is 0 Å². The summed E-state index contributed by atoms with van der Waals surface area (Å²) in [5, 5.41) is 2.68. The van der Waals surface area contributed by atoms with E-state index in [4.69, 9.17) is 4.74 Å². The average molecular weight is 207 g/mol. The minimum Gasteiger partial charge on any atom is -0.368 e. The van der Waals surface area contributed by atoms with Crippen molar-refractivity contribution in [1.29, 1.82) is 0 Å². The lowest BCUT2D eigenvalue weighted by molar-refractivity contribution is -0.126. The van der Waals surface area contributed by atoms with Crippen LogP contribution < -0.4 is 5.32 Å². The molecular weight excluding hydrogens is 194 g/mol. The summed E-state index contributed by atoms with van der Waals surface area (Å²) in [5.74, 6) is 0.590. The van der Waals surface area contributed by atoms with Crippen molar-refractivity contribution in [2.45, 2.75) is 19.4 Å².